The van der Waals surface area contributed by atoms with E-state index >= 15 is 0 Å². The predicted molar refractivity (Wildman–Crippen MR) is 102 cm³/mol. The van der Waals surface area contributed by atoms with Crippen molar-refractivity contribution in [2.45, 2.75) is 33.6 Å². The van der Waals surface area contributed by atoms with Gasteiger partial charge in [0.25, 0.3) is 0 Å². The van der Waals surface area contributed by atoms with Gasteiger partial charge in [-0.15, -0.1) is 0 Å². The Hall–Kier alpha value is -2.82. The third-order valence-electron chi connectivity index (χ3n) is 3.75. The second-order valence-electron chi connectivity index (χ2n) is 6.08. The van der Waals surface area contributed by atoms with Gasteiger partial charge in [0, 0.05) is 12.1 Å². The van der Waals surface area contributed by atoms with E-state index in [-0.39, 0.29) is 11.7 Å². The summed E-state index contributed by atoms with van der Waals surface area (Å²) in [6.45, 7) is 6.12. The molecule has 0 spiro atoms. The average Bonchev–Trinajstić information content (AvgIpc) is 2.61. The van der Waals surface area contributed by atoms with Crippen LogP contribution in [0.5, 0.6) is 11.5 Å². The van der Waals surface area contributed by atoms with Crippen molar-refractivity contribution in [1.29, 1.82) is 0 Å². The van der Waals surface area contributed by atoms with Gasteiger partial charge in [-0.3, -0.25) is 9.59 Å². The summed E-state index contributed by atoms with van der Waals surface area (Å²) in [6.07, 6.45) is 1.22. The van der Waals surface area contributed by atoms with Gasteiger partial charge in [-0.1, -0.05) is 24.6 Å². The summed E-state index contributed by atoms with van der Waals surface area (Å²) in [5, 5.41) is 2.79. The topological polar surface area (TPSA) is 64.6 Å². The number of Topliss-reactive ketones (excluding diaryl/α,β-unsaturated/α-hetero) is 1. The van der Waals surface area contributed by atoms with Crippen LogP contribution < -0.4 is 14.8 Å². The lowest BCUT2D eigenvalue weighted by molar-refractivity contribution is -0.116. The minimum atomic E-state index is -0.119. The van der Waals surface area contributed by atoms with Crippen molar-refractivity contribution < 1.29 is 19.1 Å². The molecule has 0 saturated heterocycles. The van der Waals surface area contributed by atoms with Gasteiger partial charge in [-0.2, -0.15) is 0 Å². The van der Waals surface area contributed by atoms with E-state index in [0.717, 1.165) is 12.2 Å². The number of rotatable bonds is 9. The van der Waals surface area contributed by atoms with Gasteiger partial charge >= 0.3 is 0 Å². The zero-order valence-electron chi connectivity index (χ0n) is 15.5. The molecule has 0 atom stereocenters. The molecule has 0 fully saturated rings. The second-order valence-corrected chi connectivity index (χ2v) is 6.08. The molecule has 0 unspecified atom stereocenters. The molecule has 0 bridgehead atoms. The summed E-state index contributed by atoms with van der Waals surface area (Å²) in [4.78, 5) is 23.6. The summed E-state index contributed by atoms with van der Waals surface area (Å²) in [5.74, 6) is 1.08. The summed E-state index contributed by atoms with van der Waals surface area (Å²) >= 11 is 0. The number of anilines is 1. The van der Waals surface area contributed by atoms with Gasteiger partial charge < -0.3 is 14.8 Å². The normalized spacial score (nSPS) is 10.3. The minimum Gasteiger partial charge on any atom is -0.490 e. The molecule has 1 N–H and O–H groups in total. The zero-order valence-corrected chi connectivity index (χ0v) is 15.5. The summed E-state index contributed by atoms with van der Waals surface area (Å²) in [7, 11) is 0. The number of ether oxygens (including phenoxy) is 2. The monoisotopic (exact) mass is 355 g/mol. The van der Waals surface area contributed by atoms with Crippen molar-refractivity contribution in [3.05, 3.63) is 53.6 Å². The van der Waals surface area contributed by atoms with E-state index < -0.39 is 0 Å². The van der Waals surface area contributed by atoms with Gasteiger partial charge in [0.1, 0.15) is 24.7 Å². The van der Waals surface area contributed by atoms with Crippen LogP contribution in [0.1, 0.15) is 42.6 Å². The summed E-state index contributed by atoms with van der Waals surface area (Å²) in [5.41, 5.74) is 2.21. The Labute approximate surface area is 154 Å². The number of carbonyl (C=O) groups is 2. The first-order chi connectivity index (χ1) is 12.5. The van der Waals surface area contributed by atoms with Crippen molar-refractivity contribution >= 4 is 17.4 Å². The van der Waals surface area contributed by atoms with Crippen molar-refractivity contribution in [3.8, 4) is 11.5 Å². The number of hydrogen-bond donors (Lipinski definition) is 1. The fourth-order valence-electron chi connectivity index (χ4n) is 2.40. The molecule has 2 rings (SSSR count). The average molecular weight is 355 g/mol. The van der Waals surface area contributed by atoms with Crippen molar-refractivity contribution in [3.63, 3.8) is 0 Å². The van der Waals surface area contributed by atoms with Gasteiger partial charge in [0.15, 0.2) is 5.78 Å². The molecule has 1 amide bonds. The SMILES string of the molecule is CCCC(=O)Nc1ccc(OCCOc2ccc(C)cc2)c(C(C)=O)c1. The Balaban J connectivity index is 1.94. The largest absolute Gasteiger partial charge is 0.490 e. The van der Waals surface area contributed by atoms with Crippen LogP contribution in [0.2, 0.25) is 0 Å². The molecule has 5 nitrogen and oxygen atoms in total. The van der Waals surface area contributed by atoms with Crippen LogP contribution in [-0.4, -0.2) is 24.9 Å². The van der Waals surface area contributed by atoms with E-state index in [1.807, 2.05) is 38.1 Å². The van der Waals surface area contributed by atoms with Crippen LogP contribution in [0.25, 0.3) is 0 Å². The van der Waals surface area contributed by atoms with Gasteiger partial charge in [-0.25, -0.2) is 0 Å². The number of amides is 1. The zero-order chi connectivity index (χ0) is 18.9. The van der Waals surface area contributed by atoms with Crippen LogP contribution >= 0.6 is 0 Å². The lowest BCUT2D eigenvalue weighted by atomic mass is 10.1. The second kappa shape index (κ2) is 9.61. The van der Waals surface area contributed by atoms with Crippen LogP contribution in [0.3, 0.4) is 0 Å². The highest BCUT2D eigenvalue weighted by atomic mass is 16.5. The van der Waals surface area contributed by atoms with E-state index in [1.54, 1.807) is 18.2 Å². The first-order valence-corrected chi connectivity index (χ1v) is 8.76. The Morgan fingerprint density at radius 1 is 1.00 bits per heavy atom. The Morgan fingerprint density at radius 2 is 1.69 bits per heavy atom. The maximum absolute atomic E-state index is 11.9. The third-order valence-corrected chi connectivity index (χ3v) is 3.75. The molecule has 0 aliphatic rings. The van der Waals surface area contributed by atoms with Crippen molar-refractivity contribution in [1.82, 2.24) is 0 Å². The van der Waals surface area contributed by atoms with Crippen LogP contribution in [-0.2, 0) is 4.79 Å². The molecule has 0 aromatic heterocycles. The first-order valence-electron chi connectivity index (χ1n) is 8.76. The lowest BCUT2D eigenvalue weighted by Crippen LogP contribution is -2.13. The fourth-order valence-corrected chi connectivity index (χ4v) is 2.40. The maximum Gasteiger partial charge on any atom is 0.224 e. The molecule has 0 heterocycles. The Bertz CT molecular complexity index is 753. The predicted octanol–water partition coefficient (Wildman–Crippen LogP) is 4.39. The number of benzene rings is 2. The van der Waals surface area contributed by atoms with Crippen molar-refractivity contribution in [2.75, 3.05) is 18.5 Å². The number of ketones is 1. The quantitative estimate of drug-likeness (QED) is 0.535. The molecular weight excluding hydrogens is 330 g/mol. The smallest absolute Gasteiger partial charge is 0.224 e. The van der Waals surface area contributed by atoms with Crippen LogP contribution in [0.4, 0.5) is 5.69 Å². The van der Waals surface area contributed by atoms with Gasteiger partial charge in [-0.05, 0) is 50.6 Å². The van der Waals surface area contributed by atoms with E-state index in [0.29, 0.717) is 36.6 Å². The van der Waals surface area contributed by atoms with Gasteiger partial charge in [0.05, 0.1) is 5.56 Å². The van der Waals surface area contributed by atoms with Crippen LogP contribution in [0.15, 0.2) is 42.5 Å². The molecule has 0 radical (unpaired) electrons. The molecule has 5 heteroatoms. The number of nitrogens with one attached hydrogen (secondary N) is 1. The minimum absolute atomic E-state index is 0.0674. The lowest BCUT2D eigenvalue weighted by Gasteiger charge is -2.13. The molecule has 0 saturated carbocycles. The van der Waals surface area contributed by atoms with Crippen molar-refractivity contribution in [2.24, 2.45) is 0 Å². The summed E-state index contributed by atoms with van der Waals surface area (Å²) in [6, 6.07) is 12.9. The molecule has 138 valence electrons. The Morgan fingerprint density at radius 3 is 2.35 bits per heavy atom. The Kier molecular flexibility index (Phi) is 7.21. The maximum atomic E-state index is 11.9. The number of aryl methyl sites for hydroxylation is 1. The standard InChI is InChI=1S/C21H25NO4/c1-4-5-21(24)22-17-8-11-20(19(14-17)16(3)23)26-13-12-25-18-9-6-15(2)7-10-18/h6-11,14H,4-5,12-13H2,1-3H3,(H,22,24). The van der Waals surface area contributed by atoms with Gasteiger partial charge in [0.2, 0.25) is 5.91 Å². The van der Waals surface area contributed by atoms with Crippen LogP contribution in [0, 0.1) is 6.92 Å². The highest BCUT2D eigenvalue weighted by Gasteiger charge is 2.11. The molecular formula is C21H25NO4. The molecule has 2 aromatic carbocycles. The van der Waals surface area contributed by atoms with E-state index in [9.17, 15) is 9.59 Å². The third kappa shape index (κ3) is 5.92. The summed E-state index contributed by atoms with van der Waals surface area (Å²) < 4.78 is 11.3. The molecule has 0 aliphatic heterocycles. The van der Waals surface area contributed by atoms with E-state index in [1.165, 1.54) is 12.5 Å². The molecule has 2 aromatic rings. The van der Waals surface area contributed by atoms with E-state index in [4.69, 9.17) is 9.47 Å². The number of carbonyl (C=O) groups excluding carboxylic acids is 2. The van der Waals surface area contributed by atoms with E-state index in [2.05, 4.69) is 5.32 Å². The highest BCUT2D eigenvalue weighted by Crippen LogP contribution is 2.24. The molecule has 26 heavy (non-hydrogen) atoms. The fraction of sp³-hybridized carbons (Fsp3) is 0.333. The highest BCUT2D eigenvalue weighted by molar-refractivity contribution is 5.99. The number of hydrogen-bond acceptors (Lipinski definition) is 4. The molecule has 0 aliphatic carbocycles. The first kappa shape index (κ1) is 19.5.